The smallest absolute Gasteiger partial charge is 0.162 e. The maximum atomic E-state index is 10.8. The SMILES string of the molecule is COc1cc(C=O)c(Cl)cc1OCCN1CCOCC1.O=Cc1cc(O)c(OCCN2CCOCC2)cc1Cl. The zero-order valence-electron chi connectivity index (χ0n) is 21.9. The number of carbonyl (C=O) groups excluding carboxylic acids is 2. The number of ether oxygens (including phenoxy) is 5. The molecule has 0 bridgehead atoms. The average molecular weight is 585 g/mol. The van der Waals surface area contributed by atoms with Crippen LogP contribution in [0.4, 0.5) is 0 Å². The first-order valence-electron chi connectivity index (χ1n) is 12.6. The summed E-state index contributed by atoms with van der Waals surface area (Å²) in [7, 11) is 1.53. The van der Waals surface area contributed by atoms with Gasteiger partial charge in [-0.25, -0.2) is 0 Å². The number of carbonyl (C=O) groups is 2. The van der Waals surface area contributed by atoms with E-state index in [1.807, 2.05) is 0 Å². The molecule has 2 aromatic carbocycles. The summed E-state index contributed by atoms with van der Waals surface area (Å²) in [6.07, 6.45) is 1.29. The molecule has 0 saturated carbocycles. The van der Waals surface area contributed by atoms with Crippen LogP contribution in [0.3, 0.4) is 0 Å². The van der Waals surface area contributed by atoms with E-state index in [2.05, 4.69) is 9.80 Å². The number of phenols is 1. The first-order valence-corrected chi connectivity index (χ1v) is 13.4. The minimum atomic E-state index is -0.0755. The number of rotatable bonds is 11. The summed E-state index contributed by atoms with van der Waals surface area (Å²) in [4.78, 5) is 26.0. The molecular formula is C27H34Cl2N2O8. The van der Waals surface area contributed by atoms with Crippen LogP contribution in [0.25, 0.3) is 0 Å². The summed E-state index contributed by atoms with van der Waals surface area (Å²) in [5.74, 6) is 1.28. The minimum absolute atomic E-state index is 0.0755. The van der Waals surface area contributed by atoms with Crippen molar-refractivity contribution in [1.29, 1.82) is 0 Å². The molecule has 12 heteroatoms. The predicted molar refractivity (Wildman–Crippen MR) is 147 cm³/mol. The Morgan fingerprint density at radius 1 is 0.769 bits per heavy atom. The number of aldehydes is 2. The van der Waals surface area contributed by atoms with Crippen LogP contribution >= 0.6 is 23.2 Å². The standard InChI is InChI=1S/C14H18ClNO4.C13H16ClNO4/c1-18-13-8-11(10-17)12(15)9-14(13)20-7-4-16-2-5-19-6-3-16;14-11-8-13(12(17)7-10(11)9-16)19-6-3-15-1-4-18-5-2-15/h8-10H,2-7H2,1H3;7-9,17H,1-6H2. The Morgan fingerprint density at radius 2 is 1.23 bits per heavy atom. The minimum Gasteiger partial charge on any atom is -0.504 e. The van der Waals surface area contributed by atoms with Gasteiger partial charge in [-0.1, -0.05) is 23.2 Å². The molecule has 0 radical (unpaired) electrons. The normalized spacial score (nSPS) is 16.1. The van der Waals surface area contributed by atoms with Gasteiger partial charge in [0.05, 0.1) is 43.6 Å². The number of halogens is 2. The van der Waals surface area contributed by atoms with E-state index < -0.39 is 0 Å². The number of aromatic hydroxyl groups is 1. The summed E-state index contributed by atoms with van der Waals surface area (Å²) < 4.78 is 26.9. The number of hydrogen-bond acceptors (Lipinski definition) is 10. The topological polar surface area (TPSA) is 107 Å². The van der Waals surface area contributed by atoms with Gasteiger partial charge in [0.25, 0.3) is 0 Å². The lowest BCUT2D eigenvalue weighted by atomic mass is 10.2. The van der Waals surface area contributed by atoms with Crippen molar-refractivity contribution in [3.8, 4) is 23.0 Å². The molecular weight excluding hydrogens is 551 g/mol. The van der Waals surface area contributed by atoms with E-state index in [1.54, 1.807) is 12.1 Å². The highest BCUT2D eigenvalue weighted by Gasteiger charge is 2.14. The van der Waals surface area contributed by atoms with Gasteiger partial charge in [0.2, 0.25) is 0 Å². The molecule has 2 aliphatic heterocycles. The van der Waals surface area contributed by atoms with Crippen molar-refractivity contribution in [2.24, 2.45) is 0 Å². The van der Waals surface area contributed by atoms with E-state index in [-0.39, 0.29) is 16.3 Å². The van der Waals surface area contributed by atoms with E-state index in [9.17, 15) is 14.7 Å². The molecule has 0 atom stereocenters. The molecule has 214 valence electrons. The van der Waals surface area contributed by atoms with Gasteiger partial charge < -0.3 is 28.8 Å². The van der Waals surface area contributed by atoms with Crippen molar-refractivity contribution in [2.45, 2.75) is 0 Å². The van der Waals surface area contributed by atoms with Crippen molar-refractivity contribution in [1.82, 2.24) is 9.80 Å². The molecule has 0 aliphatic carbocycles. The third-order valence-electron chi connectivity index (χ3n) is 6.15. The van der Waals surface area contributed by atoms with Gasteiger partial charge in [0.15, 0.2) is 35.6 Å². The quantitative estimate of drug-likeness (QED) is 0.394. The second kappa shape index (κ2) is 16.5. The van der Waals surface area contributed by atoms with Gasteiger partial charge in [0, 0.05) is 62.5 Å². The Balaban J connectivity index is 0.000000216. The van der Waals surface area contributed by atoms with Gasteiger partial charge >= 0.3 is 0 Å². The Morgan fingerprint density at radius 3 is 1.72 bits per heavy atom. The lowest BCUT2D eigenvalue weighted by Gasteiger charge is -2.26. The summed E-state index contributed by atoms with van der Waals surface area (Å²) in [5, 5.41) is 10.3. The summed E-state index contributed by atoms with van der Waals surface area (Å²) in [6.45, 7) is 9.20. The van der Waals surface area contributed by atoms with Crippen molar-refractivity contribution in [3.05, 3.63) is 45.4 Å². The number of morpholine rings is 2. The number of benzene rings is 2. The van der Waals surface area contributed by atoms with Gasteiger partial charge in [0.1, 0.15) is 13.2 Å². The average Bonchev–Trinajstić information content (AvgIpc) is 2.96. The number of nitrogens with zero attached hydrogens (tertiary/aromatic N) is 2. The summed E-state index contributed by atoms with van der Waals surface area (Å²) in [5.41, 5.74) is 0.642. The molecule has 0 aromatic heterocycles. The zero-order valence-corrected chi connectivity index (χ0v) is 23.4. The number of methoxy groups -OCH3 is 1. The summed E-state index contributed by atoms with van der Waals surface area (Å²) >= 11 is 11.9. The van der Waals surface area contributed by atoms with Crippen LogP contribution in [0.15, 0.2) is 24.3 Å². The van der Waals surface area contributed by atoms with E-state index >= 15 is 0 Å². The summed E-state index contributed by atoms with van der Waals surface area (Å²) in [6, 6.07) is 5.96. The molecule has 2 heterocycles. The first-order chi connectivity index (χ1) is 18.9. The second-order valence-corrected chi connectivity index (χ2v) is 9.52. The van der Waals surface area contributed by atoms with Crippen LogP contribution in [-0.4, -0.2) is 113 Å². The Labute approximate surface area is 238 Å². The molecule has 1 N–H and O–H groups in total. The van der Waals surface area contributed by atoms with Crippen LogP contribution in [0, 0.1) is 0 Å². The van der Waals surface area contributed by atoms with Crippen LogP contribution in [0.1, 0.15) is 20.7 Å². The van der Waals surface area contributed by atoms with Gasteiger partial charge in [-0.3, -0.25) is 19.4 Å². The van der Waals surface area contributed by atoms with Crippen LogP contribution < -0.4 is 14.2 Å². The third-order valence-corrected chi connectivity index (χ3v) is 6.81. The molecule has 0 unspecified atom stereocenters. The van der Waals surface area contributed by atoms with Gasteiger partial charge in [-0.2, -0.15) is 0 Å². The molecule has 0 spiro atoms. The Bertz CT molecular complexity index is 1080. The molecule has 2 fully saturated rings. The Hall–Kier alpha value is -2.60. The maximum absolute atomic E-state index is 10.8. The highest BCUT2D eigenvalue weighted by molar-refractivity contribution is 6.33. The second-order valence-electron chi connectivity index (χ2n) is 8.71. The Kier molecular flexibility index (Phi) is 13.1. The van der Waals surface area contributed by atoms with Crippen LogP contribution in [-0.2, 0) is 9.47 Å². The van der Waals surface area contributed by atoms with E-state index in [4.69, 9.17) is 46.9 Å². The van der Waals surface area contributed by atoms with E-state index in [1.165, 1.54) is 19.2 Å². The largest absolute Gasteiger partial charge is 0.504 e. The highest BCUT2D eigenvalue weighted by Crippen LogP contribution is 2.33. The monoisotopic (exact) mass is 584 g/mol. The fourth-order valence-electron chi connectivity index (χ4n) is 3.90. The highest BCUT2D eigenvalue weighted by atomic mass is 35.5. The molecule has 2 aliphatic rings. The zero-order chi connectivity index (χ0) is 28.0. The molecule has 4 rings (SSSR count). The van der Waals surface area contributed by atoms with E-state index in [0.717, 1.165) is 65.7 Å². The maximum Gasteiger partial charge on any atom is 0.162 e. The van der Waals surface area contributed by atoms with Crippen LogP contribution in [0.2, 0.25) is 10.0 Å². The third kappa shape index (κ3) is 9.82. The van der Waals surface area contributed by atoms with Gasteiger partial charge in [-0.15, -0.1) is 0 Å². The fraction of sp³-hybridized carbons (Fsp3) is 0.481. The van der Waals surface area contributed by atoms with E-state index in [0.29, 0.717) is 53.6 Å². The van der Waals surface area contributed by atoms with Crippen molar-refractivity contribution >= 4 is 35.8 Å². The molecule has 2 saturated heterocycles. The molecule has 39 heavy (non-hydrogen) atoms. The van der Waals surface area contributed by atoms with Crippen molar-refractivity contribution in [3.63, 3.8) is 0 Å². The molecule has 10 nitrogen and oxygen atoms in total. The lowest BCUT2D eigenvalue weighted by Crippen LogP contribution is -2.38. The number of phenolic OH excluding ortho intramolecular Hbond substituents is 1. The molecule has 2 aromatic rings. The van der Waals surface area contributed by atoms with Gasteiger partial charge in [-0.05, 0) is 12.1 Å². The fourth-order valence-corrected chi connectivity index (χ4v) is 4.29. The first kappa shape index (κ1) is 30.9. The predicted octanol–water partition coefficient (Wildman–Crippen LogP) is 3.44. The number of hydrogen-bond donors (Lipinski definition) is 1. The van der Waals surface area contributed by atoms with Crippen molar-refractivity contribution < 1.29 is 38.4 Å². The molecule has 0 amide bonds. The lowest BCUT2D eigenvalue weighted by molar-refractivity contribution is 0.0320. The van der Waals surface area contributed by atoms with Crippen molar-refractivity contribution in [2.75, 3.05) is 86.0 Å². The van der Waals surface area contributed by atoms with Crippen LogP contribution in [0.5, 0.6) is 23.0 Å².